The molecule has 0 amide bonds. The van der Waals surface area contributed by atoms with Crippen LogP contribution in [0.5, 0.6) is 0 Å². The molecule has 2 aromatic heterocycles. The predicted octanol–water partition coefficient (Wildman–Crippen LogP) is 4.52. The number of rotatable bonds is 4. The summed E-state index contributed by atoms with van der Waals surface area (Å²) >= 11 is 5.22. The van der Waals surface area contributed by atoms with Gasteiger partial charge in [-0.1, -0.05) is 13.8 Å². The Morgan fingerprint density at radius 2 is 2.11 bits per heavy atom. The summed E-state index contributed by atoms with van der Waals surface area (Å²) in [6, 6.07) is 2.00. The van der Waals surface area contributed by atoms with Gasteiger partial charge in [-0.05, 0) is 22.9 Å². The molecule has 0 bridgehead atoms. The molecular formula is C13H16BrN3S. The lowest BCUT2D eigenvalue weighted by molar-refractivity contribution is 0.776. The highest BCUT2D eigenvalue weighted by molar-refractivity contribution is 9.10. The van der Waals surface area contributed by atoms with Crippen LogP contribution in [0.3, 0.4) is 0 Å². The summed E-state index contributed by atoms with van der Waals surface area (Å²) in [4.78, 5) is 9.17. The summed E-state index contributed by atoms with van der Waals surface area (Å²) in [6.45, 7) is 7.14. The zero-order valence-electron chi connectivity index (χ0n) is 10.7. The van der Waals surface area contributed by atoms with Gasteiger partial charge in [0, 0.05) is 39.3 Å². The predicted molar refractivity (Wildman–Crippen MR) is 81.3 cm³/mol. The van der Waals surface area contributed by atoms with Gasteiger partial charge in [0.25, 0.3) is 0 Å². The molecule has 2 aromatic rings. The summed E-state index contributed by atoms with van der Waals surface area (Å²) in [5.74, 6) is 2.09. The van der Waals surface area contributed by atoms with E-state index in [1.54, 1.807) is 11.3 Å². The van der Waals surface area contributed by atoms with Gasteiger partial charge in [-0.25, -0.2) is 9.97 Å². The summed E-state index contributed by atoms with van der Waals surface area (Å²) in [7, 11) is 0. The number of halogens is 1. The lowest BCUT2D eigenvalue weighted by Crippen LogP contribution is -2.05. The van der Waals surface area contributed by atoms with Crippen LogP contribution >= 0.6 is 27.3 Å². The molecule has 0 spiro atoms. The monoisotopic (exact) mass is 325 g/mol. The van der Waals surface area contributed by atoms with Crippen molar-refractivity contribution in [3.8, 4) is 11.3 Å². The molecule has 0 aliphatic heterocycles. The Hall–Kier alpha value is -0.940. The van der Waals surface area contributed by atoms with Gasteiger partial charge in [0.1, 0.15) is 11.6 Å². The third-order valence-electron chi connectivity index (χ3n) is 2.51. The summed E-state index contributed by atoms with van der Waals surface area (Å²) < 4.78 is 1.09. The molecule has 0 saturated heterocycles. The van der Waals surface area contributed by atoms with Crippen LogP contribution in [-0.2, 0) is 0 Å². The fourth-order valence-corrected chi connectivity index (χ4v) is 3.09. The molecule has 5 heteroatoms. The highest BCUT2D eigenvalue weighted by atomic mass is 79.9. The van der Waals surface area contributed by atoms with Gasteiger partial charge in [-0.2, -0.15) is 11.3 Å². The molecule has 1 N–H and O–H groups in total. The van der Waals surface area contributed by atoms with E-state index in [0.717, 1.165) is 33.9 Å². The van der Waals surface area contributed by atoms with E-state index in [1.165, 1.54) is 0 Å². The SMILES string of the molecule is CCNc1cc(-c2cscc2Br)nc(C(C)C)n1. The molecule has 0 aliphatic carbocycles. The van der Waals surface area contributed by atoms with E-state index < -0.39 is 0 Å². The summed E-state index contributed by atoms with van der Waals surface area (Å²) in [6.07, 6.45) is 0. The lowest BCUT2D eigenvalue weighted by Gasteiger charge is -2.10. The van der Waals surface area contributed by atoms with Crippen molar-refractivity contribution in [3.63, 3.8) is 0 Å². The van der Waals surface area contributed by atoms with Crippen molar-refractivity contribution in [1.29, 1.82) is 0 Å². The number of hydrogen-bond donors (Lipinski definition) is 1. The van der Waals surface area contributed by atoms with E-state index in [1.807, 2.05) is 6.07 Å². The minimum Gasteiger partial charge on any atom is -0.370 e. The van der Waals surface area contributed by atoms with E-state index in [-0.39, 0.29) is 0 Å². The molecule has 0 radical (unpaired) electrons. The van der Waals surface area contributed by atoms with Crippen LogP contribution < -0.4 is 5.32 Å². The van der Waals surface area contributed by atoms with Gasteiger partial charge < -0.3 is 5.32 Å². The second kappa shape index (κ2) is 5.80. The highest BCUT2D eigenvalue weighted by Crippen LogP contribution is 2.32. The second-order valence-corrected chi connectivity index (χ2v) is 5.91. The quantitative estimate of drug-likeness (QED) is 0.897. The average Bonchev–Trinajstić information content (AvgIpc) is 2.75. The Labute approximate surface area is 120 Å². The third kappa shape index (κ3) is 2.90. The van der Waals surface area contributed by atoms with Crippen LogP contribution in [0, 0.1) is 0 Å². The Kier molecular flexibility index (Phi) is 4.35. The second-order valence-electron chi connectivity index (χ2n) is 4.32. The maximum Gasteiger partial charge on any atom is 0.133 e. The first-order valence-corrected chi connectivity index (χ1v) is 7.70. The number of nitrogens with one attached hydrogen (secondary N) is 1. The molecule has 0 saturated carbocycles. The van der Waals surface area contributed by atoms with Crippen LogP contribution in [-0.4, -0.2) is 16.5 Å². The van der Waals surface area contributed by atoms with Crippen molar-refractivity contribution in [2.75, 3.05) is 11.9 Å². The topological polar surface area (TPSA) is 37.8 Å². The van der Waals surface area contributed by atoms with E-state index in [4.69, 9.17) is 0 Å². The molecule has 2 rings (SSSR count). The van der Waals surface area contributed by atoms with Crippen molar-refractivity contribution in [1.82, 2.24) is 9.97 Å². The highest BCUT2D eigenvalue weighted by Gasteiger charge is 2.11. The van der Waals surface area contributed by atoms with Crippen LogP contribution in [0.25, 0.3) is 11.3 Å². The van der Waals surface area contributed by atoms with Crippen molar-refractivity contribution in [2.45, 2.75) is 26.7 Å². The Morgan fingerprint density at radius 1 is 1.33 bits per heavy atom. The van der Waals surface area contributed by atoms with Gasteiger partial charge in [0.05, 0.1) is 5.69 Å². The molecule has 96 valence electrons. The van der Waals surface area contributed by atoms with Crippen molar-refractivity contribution >= 4 is 33.1 Å². The molecular weight excluding hydrogens is 310 g/mol. The lowest BCUT2D eigenvalue weighted by atomic mass is 10.2. The maximum absolute atomic E-state index is 4.64. The Morgan fingerprint density at radius 3 is 2.67 bits per heavy atom. The number of anilines is 1. The summed E-state index contributed by atoms with van der Waals surface area (Å²) in [5.41, 5.74) is 2.10. The van der Waals surface area contributed by atoms with E-state index in [2.05, 4.69) is 62.7 Å². The Balaban J connectivity index is 2.50. The van der Waals surface area contributed by atoms with Gasteiger partial charge >= 0.3 is 0 Å². The first-order valence-electron chi connectivity index (χ1n) is 5.96. The maximum atomic E-state index is 4.64. The smallest absolute Gasteiger partial charge is 0.133 e. The van der Waals surface area contributed by atoms with Gasteiger partial charge in [-0.15, -0.1) is 0 Å². The molecule has 18 heavy (non-hydrogen) atoms. The zero-order chi connectivity index (χ0) is 13.1. The number of aromatic nitrogens is 2. The van der Waals surface area contributed by atoms with Crippen LogP contribution in [0.15, 0.2) is 21.3 Å². The van der Waals surface area contributed by atoms with E-state index in [0.29, 0.717) is 5.92 Å². The van der Waals surface area contributed by atoms with E-state index >= 15 is 0 Å². The third-order valence-corrected chi connectivity index (χ3v) is 4.21. The largest absolute Gasteiger partial charge is 0.370 e. The minimum atomic E-state index is 0.319. The molecule has 0 atom stereocenters. The van der Waals surface area contributed by atoms with E-state index in [9.17, 15) is 0 Å². The van der Waals surface area contributed by atoms with Gasteiger partial charge in [0.2, 0.25) is 0 Å². The van der Waals surface area contributed by atoms with Crippen molar-refractivity contribution in [2.24, 2.45) is 0 Å². The van der Waals surface area contributed by atoms with Gasteiger partial charge in [-0.3, -0.25) is 0 Å². The molecule has 3 nitrogen and oxygen atoms in total. The fraction of sp³-hybridized carbons (Fsp3) is 0.385. The number of nitrogens with zero attached hydrogens (tertiary/aromatic N) is 2. The molecule has 0 aromatic carbocycles. The fourth-order valence-electron chi connectivity index (χ4n) is 1.60. The molecule has 0 unspecified atom stereocenters. The average molecular weight is 326 g/mol. The first kappa shape index (κ1) is 13.5. The van der Waals surface area contributed by atoms with Gasteiger partial charge in [0.15, 0.2) is 0 Å². The van der Waals surface area contributed by atoms with Crippen LogP contribution in [0.4, 0.5) is 5.82 Å². The minimum absolute atomic E-state index is 0.319. The van der Waals surface area contributed by atoms with Crippen molar-refractivity contribution < 1.29 is 0 Å². The first-order chi connectivity index (χ1) is 8.61. The number of hydrogen-bond acceptors (Lipinski definition) is 4. The molecule has 2 heterocycles. The van der Waals surface area contributed by atoms with Crippen LogP contribution in [0.2, 0.25) is 0 Å². The normalized spacial score (nSPS) is 10.9. The summed E-state index contributed by atoms with van der Waals surface area (Å²) in [5, 5.41) is 7.43. The zero-order valence-corrected chi connectivity index (χ0v) is 13.1. The Bertz CT molecular complexity index is 537. The standard InChI is InChI=1S/C13H16BrN3S/c1-4-15-12-5-11(9-6-18-7-10(9)14)16-13(17-12)8(2)3/h5-8H,4H2,1-3H3,(H,15,16,17). The van der Waals surface area contributed by atoms with Crippen molar-refractivity contribution in [3.05, 3.63) is 27.1 Å². The van der Waals surface area contributed by atoms with Crippen LogP contribution in [0.1, 0.15) is 32.5 Å². The molecule has 0 aliphatic rings. The molecule has 0 fully saturated rings. The number of thiophene rings is 1.